The number of likely N-dealkylation sites (N-methyl/N-ethyl adjacent to an activating group) is 2. The van der Waals surface area contributed by atoms with Crippen LogP contribution in [-0.2, 0) is 6.54 Å². The zero-order chi connectivity index (χ0) is 12.3. The largest absolute Gasteiger partial charge is 0.354 e. The topological polar surface area (TPSA) is 58.3 Å². The van der Waals surface area contributed by atoms with Crippen molar-refractivity contribution in [3.8, 4) is 0 Å². The van der Waals surface area contributed by atoms with Gasteiger partial charge in [-0.1, -0.05) is 0 Å². The fourth-order valence-electron chi connectivity index (χ4n) is 2.43. The van der Waals surface area contributed by atoms with Crippen LogP contribution in [-0.4, -0.2) is 48.3 Å². The van der Waals surface area contributed by atoms with Crippen LogP contribution >= 0.6 is 0 Å². The molecule has 0 spiro atoms. The molecule has 1 atom stereocenters. The SMILES string of the molecule is CN1CCCC(N(C)c2nnccc2CN)C1. The van der Waals surface area contributed by atoms with E-state index < -0.39 is 0 Å². The smallest absolute Gasteiger partial charge is 0.155 e. The van der Waals surface area contributed by atoms with Crippen molar-refractivity contribution < 1.29 is 0 Å². The normalized spacial score (nSPS) is 21.5. The summed E-state index contributed by atoms with van der Waals surface area (Å²) in [4.78, 5) is 4.59. The lowest BCUT2D eigenvalue weighted by atomic mass is 10.0. The average molecular weight is 235 g/mol. The molecule has 2 rings (SSSR count). The first-order valence-corrected chi connectivity index (χ1v) is 6.14. The van der Waals surface area contributed by atoms with Gasteiger partial charge in [-0.25, -0.2) is 0 Å². The van der Waals surface area contributed by atoms with Crippen molar-refractivity contribution in [2.75, 3.05) is 32.1 Å². The quantitative estimate of drug-likeness (QED) is 0.825. The van der Waals surface area contributed by atoms with Crippen LogP contribution in [0.4, 0.5) is 5.82 Å². The molecule has 1 aliphatic heterocycles. The Bertz CT molecular complexity index is 368. The molecule has 0 radical (unpaired) electrons. The number of nitrogens with zero attached hydrogens (tertiary/aromatic N) is 4. The molecule has 0 bridgehead atoms. The van der Waals surface area contributed by atoms with E-state index in [0.29, 0.717) is 12.6 Å². The molecular formula is C12H21N5. The Morgan fingerprint density at radius 3 is 3.12 bits per heavy atom. The molecule has 0 amide bonds. The number of aromatic nitrogens is 2. The molecule has 1 aromatic rings. The monoisotopic (exact) mass is 235 g/mol. The molecule has 0 aromatic carbocycles. The second kappa shape index (κ2) is 5.42. The van der Waals surface area contributed by atoms with E-state index in [2.05, 4.69) is 34.1 Å². The average Bonchev–Trinajstić information content (AvgIpc) is 2.38. The van der Waals surface area contributed by atoms with Gasteiger partial charge in [0.25, 0.3) is 0 Å². The van der Waals surface area contributed by atoms with Gasteiger partial charge >= 0.3 is 0 Å². The number of piperidine rings is 1. The maximum absolute atomic E-state index is 5.74. The van der Waals surface area contributed by atoms with Crippen LogP contribution in [0.2, 0.25) is 0 Å². The second-order valence-corrected chi connectivity index (χ2v) is 4.75. The summed E-state index contributed by atoms with van der Waals surface area (Å²) < 4.78 is 0. The molecule has 1 fully saturated rings. The van der Waals surface area contributed by atoms with E-state index in [1.807, 2.05) is 6.07 Å². The zero-order valence-corrected chi connectivity index (χ0v) is 10.6. The highest BCUT2D eigenvalue weighted by molar-refractivity contribution is 5.45. The first-order chi connectivity index (χ1) is 8.22. The molecule has 2 heterocycles. The van der Waals surface area contributed by atoms with Gasteiger partial charge in [0.15, 0.2) is 5.82 Å². The molecule has 5 heteroatoms. The van der Waals surface area contributed by atoms with E-state index in [-0.39, 0.29) is 0 Å². The van der Waals surface area contributed by atoms with E-state index in [1.54, 1.807) is 6.20 Å². The number of nitrogens with two attached hydrogens (primary N) is 1. The Labute approximate surface area is 103 Å². The lowest BCUT2D eigenvalue weighted by Crippen LogP contribution is -2.45. The van der Waals surface area contributed by atoms with Crippen molar-refractivity contribution in [3.63, 3.8) is 0 Å². The summed E-state index contributed by atoms with van der Waals surface area (Å²) in [5.74, 6) is 0.926. The van der Waals surface area contributed by atoms with Crippen LogP contribution < -0.4 is 10.6 Å². The number of hydrogen-bond acceptors (Lipinski definition) is 5. The summed E-state index contributed by atoms with van der Waals surface area (Å²) in [7, 11) is 4.26. The van der Waals surface area contributed by atoms with Gasteiger partial charge in [-0.2, -0.15) is 5.10 Å². The van der Waals surface area contributed by atoms with Crippen LogP contribution in [0.5, 0.6) is 0 Å². The lowest BCUT2D eigenvalue weighted by Gasteiger charge is -2.36. The van der Waals surface area contributed by atoms with Crippen LogP contribution in [0.15, 0.2) is 12.3 Å². The van der Waals surface area contributed by atoms with Gasteiger partial charge in [-0.15, -0.1) is 5.10 Å². The third kappa shape index (κ3) is 2.73. The summed E-state index contributed by atoms with van der Waals surface area (Å²) in [6.45, 7) is 2.78. The predicted molar refractivity (Wildman–Crippen MR) is 68.8 cm³/mol. The second-order valence-electron chi connectivity index (χ2n) is 4.75. The number of hydrogen-bond donors (Lipinski definition) is 1. The van der Waals surface area contributed by atoms with Gasteiger partial charge in [0.05, 0.1) is 6.20 Å². The van der Waals surface area contributed by atoms with Crippen LogP contribution in [0.1, 0.15) is 18.4 Å². The lowest BCUT2D eigenvalue weighted by molar-refractivity contribution is 0.247. The highest BCUT2D eigenvalue weighted by Crippen LogP contribution is 2.21. The summed E-state index contributed by atoms with van der Waals surface area (Å²) in [5, 5.41) is 8.19. The van der Waals surface area contributed by atoms with E-state index in [1.165, 1.54) is 19.4 Å². The Morgan fingerprint density at radius 1 is 1.59 bits per heavy atom. The van der Waals surface area contributed by atoms with Crippen LogP contribution in [0, 0.1) is 0 Å². The van der Waals surface area contributed by atoms with Crippen molar-refractivity contribution in [1.82, 2.24) is 15.1 Å². The molecule has 94 valence electrons. The van der Waals surface area contributed by atoms with Crippen molar-refractivity contribution in [2.24, 2.45) is 5.73 Å². The maximum Gasteiger partial charge on any atom is 0.155 e. The van der Waals surface area contributed by atoms with E-state index >= 15 is 0 Å². The van der Waals surface area contributed by atoms with Gasteiger partial charge in [-0.05, 0) is 32.5 Å². The van der Waals surface area contributed by atoms with Crippen molar-refractivity contribution in [2.45, 2.75) is 25.4 Å². The minimum Gasteiger partial charge on any atom is -0.354 e. The van der Waals surface area contributed by atoms with Crippen molar-refractivity contribution in [1.29, 1.82) is 0 Å². The summed E-state index contributed by atoms with van der Waals surface area (Å²) >= 11 is 0. The Morgan fingerprint density at radius 2 is 2.41 bits per heavy atom. The molecule has 0 saturated carbocycles. The Kier molecular flexibility index (Phi) is 3.91. The minimum absolute atomic E-state index is 0.510. The molecule has 5 nitrogen and oxygen atoms in total. The fraction of sp³-hybridized carbons (Fsp3) is 0.667. The van der Waals surface area contributed by atoms with Crippen LogP contribution in [0.25, 0.3) is 0 Å². The maximum atomic E-state index is 5.74. The van der Waals surface area contributed by atoms with Gasteiger partial charge in [0, 0.05) is 31.7 Å². The standard InChI is InChI=1S/C12H21N5/c1-16-7-3-4-11(9-16)17(2)12-10(8-13)5-6-14-15-12/h5-6,11H,3-4,7-9,13H2,1-2H3. The van der Waals surface area contributed by atoms with E-state index in [4.69, 9.17) is 5.73 Å². The summed E-state index contributed by atoms with van der Waals surface area (Å²) in [5.41, 5.74) is 6.81. The molecule has 1 unspecified atom stereocenters. The summed E-state index contributed by atoms with van der Waals surface area (Å²) in [6.07, 6.45) is 4.15. The van der Waals surface area contributed by atoms with Crippen molar-refractivity contribution >= 4 is 5.82 Å². The first-order valence-electron chi connectivity index (χ1n) is 6.14. The van der Waals surface area contributed by atoms with E-state index in [9.17, 15) is 0 Å². The first kappa shape index (κ1) is 12.3. The number of anilines is 1. The number of rotatable bonds is 3. The highest BCUT2D eigenvalue weighted by atomic mass is 15.3. The highest BCUT2D eigenvalue weighted by Gasteiger charge is 2.23. The molecule has 17 heavy (non-hydrogen) atoms. The third-order valence-corrected chi connectivity index (χ3v) is 3.48. The molecule has 1 aromatic heterocycles. The Hall–Kier alpha value is -1.20. The van der Waals surface area contributed by atoms with Gasteiger partial charge in [0.2, 0.25) is 0 Å². The fourth-order valence-corrected chi connectivity index (χ4v) is 2.43. The van der Waals surface area contributed by atoms with Gasteiger partial charge in [-0.3, -0.25) is 0 Å². The predicted octanol–water partition coefficient (Wildman–Crippen LogP) is 0.466. The van der Waals surface area contributed by atoms with Gasteiger partial charge < -0.3 is 15.5 Å². The van der Waals surface area contributed by atoms with Crippen LogP contribution in [0.3, 0.4) is 0 Å². The molecule has 2 N–H and O–H groups in total. The number of likely N-dealkylation sites (tertiary alicyclic amines) is 1. The summed E-state index contributed by atoms with van der Waals surface area (Å²) in [6, 6.07) is 2.46. The van der Waals surface area contributed by atoms with Crippen molar-refractivity contribution in [3.05, 3.63) is 17.8 Å². The van der Waals surface area contributed by atoms with Gasteiger partial charge in [0.1, 0.15) is 0 Å². The van der Waals surface area contributed by atoms with E-state index in [0.717, 1.165) is 17.9 Å². The zero-order valence-electron chi connectivity index (χ0n) is 10.6. The minimum atomic E-state index is 0.510. The molecule has 0 aliphatic carbocycles. The Balaban J connectivity index is 2.15. The molecule has 1 aliphatic rings. The molecule has 1 saturated heterocycles. The third-order valence-electron chi connectivity index (χ3n) is 3.48. The molecular weight excluding hydrogens is 214 g/mol.